The second-order valence-corrected chi connectivity index (χ2v) is 4.64. The Morgan fingerprint density at radius 2 is 2.11 bits per heavy atom. The molecule has 5 nitrogen and oxygen atoms in total. The summed E-state index contributed by atoms with van der Waals surface area (Å²) in [4.78, 5) is 24.9. The predicted molar refractivity (Wildman–Crippen MR) is 73.3 cm³/mol. The van der Waals surface area contributed by atoms with Gasteiger partial charge in [-0.2, -0.15) is 0 Å². The van der Waals surface area contributed by atoms with E-state index in [0.29, 0.717) is 23.9 Å². The Labute approximate surface area is 118 Å². The fraction of sp³-hybridized carbons (Fsp3) is 0.538. The topological polar surface area (TPSA) is 51.5 Å². The first kappa shape index (κ1) is 15.6. The minimum absolute atomic E-state index is 0.0679. The van der Waals surface area contributed by atoms with Gasteiger partial charge in [-0.15, -0.1) is 0 Å². The van der Waals surface area contributed by atoms with Crippen LogP contribution < -0.4 is 0 Å². The van der Waals surface area contributed by atoms with Gasteiger partial charge in [0, 0.05) is 19.8 Å². The summed E-state index contributed by atoms with van der Waals surface area (Å²) in [6, 6.07) is 1.61. The number of aromatic nitrogens is 1. The third kappa shape index (κ3) is 4.28. The van der Waals surface area contributed by atoms with Gasteiger partial charge < -0.3 is 14.2 Å². The molecule has 0 saturated carbocycles. The van der Waals surface area contributed by atoms with Crippen molar-refractivity contribution in [1.29, 1.82) is 0 Å². The Morgan fingerprint density at radius 1 is 1.42 bits per heavy atom. The molecule has 0 unspecified atom stereocenters. The molecule has 1 heterocycles. The quantitative estimate of drug-likeness (QED) is 0.753. The number of halogens is 1. The highest BCUT2D eigenvalue weighted by Gasteiger charge is 2.19. The van der Waals surface area contributed by atoms with Crippen LogP contribution in [0.1, 0.15) is 30.8 Å². The van der Waals surface area contributed by atoms with E-state index >= 15 is 0 Å². The van der Waals surface area contributed by atoms with Crippen molar-refractivity contribution in [3.8, 4) is 0 Å². The zero-order valence-corrected chi connectivity index (χ0v) is 12.2. The molecule has 1 rings (SSSR count). The fourth-order valence-corrected chi connectivity index (χ4v) is 1.97. The number of carbonyl (C=O) groups is 2. The summed E-state index contributed by atoms with van der Waals surface area (Å²) in [5.41, 5.74) is 0.485. The van der Waals surface area contributed by atoms with Crippen molar-refractivity contribution >= 4 is 23.5 Å². The molecule has 0 saturated heterocycles. The van der Waals surface area contributed by atoms with Crippen LogP contribution in [0.3, 0.4) is 0 Å². The maximum atomic E-state index is 12.2. The predicted octanol–water partition coefficient (Wildman–Crippen LogP) is 2.19. The van der Waals surface area contributed by atoms with Gasteiger partial charge in [-0.25, -0.2) is 0 Å². The molecule has 0 fully saturated rings. The molecule has 0 aliphatic heterocycles. The van der Waals surface area contributed by atoms with Crippen molar-refractivity contribution in [1.82, 2.24) is 9.47 Å². The van der Waals surface area contributed by atoms with Crippen molar-refractivity contribution in [2.24, 2.45) is 0 Å². The van der Waals surface area contributed by atoms with Crippen LogP contribution in [-0.2, 0) is 16.1 Å². The lowest BCUT2D eigenvalue weighted by Gasteiger charge is -2.17. The van der Waals surface area contributed by atoms with E-state index in [-0.39, 0.29) is 12.5 Å². The Bertz CT molecular complexity index is 457. The molecule has 1 amide bonds. The van der Waals surface area contributed by atoms with Gasteiger partial charge in [0.15, 0.2) is 0 Å². The number of ether oxygens (including phenoxy) is 1. The highest BCUT2D eigenvalue weighted by Crippen LogP contribution is 2.16. The van der Waals surface area contributed by atoms with Crippen LogP contribution in [0.2, 0.25) is 5.02 Å². The molecule has 106 valence electrons. The molecule has 0 spiro atoms. The van der Waals surface area contributed by atoms with Gasteiger partial charge in [-0.1, -0.05) is 18.5 Å². The Balaban J connectivity index is 2.78. The zero-order valence-electron chi connectivity index (χ0n) is 11.5. The van der Waals surface area contributed by atoms with Crippen LogP contribution in [0.25, 0.3) is 0 Å². The lowest BCUT2D eigenvalue weighted by molar-refractivity contribution is -0.143. The number of hydrogen-bond acceptors (Lipinski definition) is 3. The molecule has 0 aliphatic rings. The first-order valence-corrected chi connectivity index (χ1v) is 6.64. The van der Waals surface area contributed by atoms with Crippen molar-refractivity contribution in [3.63, 3.8) is 0 Å². The monoisotopic (exact) mass is 286 g/mol. The molecular weight excluding hydrogens is 268 g/mol. The zero-order chi connectivity index (χ0) is 14.4. The maximum Gasteiger partial charge on any atom is 0.325 e. The molecule has 0 radical (unpaired) electrons. The molecule has 0 aromatic carbocycles. The van der Waals surface area contributed by atoms with E-state index < -0.39 is 5.97 Å². The first-order chi connectivity index (χ1) is 8.99. The number of carbonyl (C=O) groups excluding carboxylic acids is 2. The number of esters is 1. The molecule has 1 aromatic heterocycles. The smallest absolute Gasteiger partial charge is 0.325 e. The minimum atomic E-state index is -0.418. The largest absolute Gasteiger partial charge is 0.465 e. The molecule has 0 bridgehead atoms. The number of nitrogens with zero attached hydrogens (tertiary/aromatic N) is 2. The second-order valence-electron chi connectivity index (χ2n) is 4.20. The summed E-state index contributed by atoms with van der Waals surface area (Å²) in [5.74, 6) is -0.661. The summed E-state index contributed by atoms with van der Waals surface area (Å²) < 4.78 is 6.61. The van der Waals surface area contributed by atoms with E-state index in [9.17, 15) is 9.59 Å². The number of amides is 1. The van der Waals surface area contributed by atoms with Gasteiger partial charge in [0.05, 0.1) is 11.6 Å². The van der Waals surface area contributed by atoms with Crippen molar-refractivity contribution in [2.75, 3.05) is 20.2 Å². The summed E-state index contributed by atoms with van der Waals surface area (Å²) in [5, 5.41) is 0.515. The van der Waals surface area contributed by atoms with Crippen molar-refractivity contribution in [2.45, 2.75) is 26.8 Å². The Hall–Kier alpha value is -1.49. The van der Waals surface area contributed by atoms with Gasteiger partial charge in [0.2, 0.25) is 0 Å². The summed E-state index contributed by atoms with van der Waals surface area (Å²) in [6.45, 7) is 4.69. The lowest BCUT2D eigenvalue weighted by atomic mass is 10.3. The van der Waals surface area contributed by atoms with Gasteiger partial charge >= 0.3 is 5.97 Å². The Morgan fingerprint density at radius 3 is 2.68 bits per heavy atom. The fourth-order valence-electron chi connectivity index (χ4n) is 1.75. The average Bonchev–Trinajstić information content (AvgIpc) is 2.70. The average molecular weight is 287 g/mol. The number of aryl methyl sites for hydroxylation is 1. The van der Waals surface area contributed by atoms with Crippen LogP contribution in [0.4, 0.5) is 0 Å². The van der Waals surface area contributed by atoms with Crippen LogP contribution in [-0.4, -0.2) is 41.5 Å². The number of likely N-dealkylation sites (N-methyl/N-ethyl adjacent to an activating group) is 1. The van der Waals surface area contributed by atoms with E-state index in [4.69, 9.17) is 16.3 Å². The third-order valence-electron chi connectivity index (χ3n) is 2.57. The van der Waals surface area contributed by atoms with Crippen LogP contribution in [0.15, 0.2) is 12.3 Å². The highest BCUT2D eigenvalue weighted by molar-refractivity contribution is 6.31. The van der Waals surface area contributed by atoms with Crippen LogP contribution in [0.5, 0.6) is 0 Å². The van der Waals surface area contributed by atoms with E-state index in [1.54, 1.807) is 30.8 Å². The SMILES string of the molecule is CCCn1cc(Cl)cc1C(=O)N(C)CC(=O)OCC. The van der Waals surface area contributed by atoms with Gasteiger partial charge in [-0.05, 0) is 19.4 Å². The highest BCUT2D eigenvalue weighted by atomic mass is 35.5. The van der Waals surface area contributed by atoms with Crippen molar-refractivity contribution in [3.05, 3.63) is 23.0 Å². The lowest BCUT2D eigenvalue weighted by Crippen LogP contribution is -2.34. The van der Waals surface area contributed by atoms with Gasteiger partial charge in [0.25, 0.3) is 5.91 Å². The Kier molecular flexibility index (Phi) is 5.89. The molecule has 0 atom stereocenters. The van der Waals surface area contributed by atoms with E-state index in [1.165, 1.54) is 4.90 Å². The van der Waals surface area contributed by atoms with Gasteiger partial charge in [0.1, 0.15) is 12.2 Å². The molecule has 19 heavy (non-hydrogen) atoms. The van der Waals surface area contributed by atoms with E-state index in [2.05, 4.69) is 0 Å². The summed E-state index contributed by atoms with van der Waals surface area (Å²) >= 11 is 5.92. The first-order valence-electron chi connectivity index (χ1n) is 6.26. The number of rotatable bonds is 6. The molecule has 1 aromatic rings. The summed E-state index contributed by atoms with van der Waals surface area (Å²) in [6.07, 6.45) is 2.61. The molecule has 0 N–H and O–H groups in total. The van der Waals surface area contributed by atoms with E-state index in [0.717, 1.165) is 6.42 Å². The second kappa shape index (κ2) is 7.19. The van der Waals surface area contributed by atoms with Crippen molar-refractivity contribution < 1.29 is 14.3 Å². The standard InChI is InChI=1S/C13H19ClN2O3/c1-4-6-16-8-10(14)7-11(16)13(18)15(3)9-12(17)19-5-2/h7-8H,4-6,9H2,1-3H3. The minimum Gasteiger partial charge on any atom is -0.465 e. The normalized spacial score (nSPS) is 10.3. The third-order valence-corrected chi connectivity index (χ3v) is 2.77. The van der Waals surface area contributed by atoms with Crippen LogP contribution in [0, 0.1) is 0 Å². The summed E-state index contributed by atoms with van der Waals surface area (Å²) in [7, 11) is 1.57. The number of hydrogen-bond donors (Lipinski definition) is 0. The van der Waals surface area contributed by atoms with Gasteiger partial charge in [-0.3, -0.25) is 9.59 Å². The van der Waals surface area contributed by atoms with E-state index in [1.807, 2.05) is 6.92 Å². The molecule has 0 aliphatic carbocycles. The maximum absolute atomic E-state index is 12.2. The van der Waals surface area contributed by atoms with Crippen LogP contribution >= 0.6 is 11.6 Å². The molecular formula is C13H19ClN2O3. The molecule has 6 heteroatoms.